The van der Waals surface area contributed by atoms with Crippen LogP contribution in [0.1, 0.15) is 25.7 Å². The molecule has 0 spiro atoms. The molecule has 6 heteroatoms. The molecule has 1 unspecified atom stereocenters. The molecule has 0 aromatic heterocycles. The highest BCUT2D eigenvalue weighted by atomic mass is 16.5. The maximum Gasteiger partial charge on any atom is 0.322 e. The molecule has 6 nitrogen and oxygen atoms in total. The summed E-state index contributed by atoms with van der Waals surface area (Å²) >= 11 is 0. The van der Waals surface area contributed by atoms with Crippen molar-refractivity contribution in [3.8, 4) is 0 Å². The third kappa shape index (κ3) is 9.81. The van der Waals surface area contributed by atoms with Gasteiger partial charge in [0.05, 0.1) is 7.11 Å². The molecule has 1 aliphatic carbocycles. The highest BCUT2D eigenvalue weighted by molar-refractivity contribution is 5.75. The van der Waals surface area contributed by atoms with E-state index in [4.69, 9.17) is 5.11 Å². The Labute approximate surface area is 125 Å². The smallest absolute Gasteiger partial charge is 0.322 e. The van der Waals surface area contributed by atoms with Crippen LogP contribution in [0.2, 0.25) is 0 Å². The summed E-state index contributed by atoms with van der Waals surface area (Å²) in [7, 11) is 3.05. The number of likely N-dealkylation sites (N-methyl/N-ethyl adjacent to an activating group) is 1. The fraction of sp³-hybridized carbons (Fsp3) is 0.600. The summed E-state index contributed by atoms with van der Waals surface area (Å²) < 4.78 is 9.09. The Bertz CT molecular complexity index is 352. The van der Waals surface area contributed by atoms with Crippen molar-refractivity contribution < 1.29 is 24.2 Å². The molecule has 0 amide bonds. The molecule has 1 aliphatic rings. The number of carbonyl (C=O) groups is 2. The van der Waals surface area contributed by atoms with Crippen LogP contribution in [0.5, 0.6) is 0 Å². The molecule has 1 atom stereocenters. The van der Waals surface area contributed by atoms with Gasteiger partial charge in [-0.1, -0.05) is 18.2 Å². The largest absolute Gasteiger partial charge is 0.468 e. The van der Waals surface area contributed by atoms with Crippen LogP contribution in [0.3, 0.4) is 0 Å². The van der Waals surface area contributed by atoms with Crippen LogP contribution in [0.25, 0.3) is 0 Å². The van der Waals surface area contributed by atoms with Crippen molar-refractivity contribution in [2.45, 2.75) is 31.7 Å². The Morgan fingerprint density at radius 1 is 1.52 bits per heavy atom. The van der Waals surface area contributed by atoms with Gasteiger partial charge in [0, 0.05) is 6.61 Å². The molecule has 0 heterocycles. The number of rotatable bonds is 8. The molecule has 0 aromatic rings. The zero-order valence-corrected chi connectivity index (χ0v) is 12.7. The normalized spacial score (nSPS) is 14.3. The van der Waals surface area contributed by atoms with Crippen LogP contribution >= 0.6 is 0 Å². The molecule has 0 saturated carbocycles. The Kier molecular flexibility index (Phi) is 12.3. The van der Waals surface area contributed by atoms with Gasteiger partial charge in [-0.25, -0.2) is 0 Å². The van der Waals surface area contributed by atoms with Gasteiger partial charge in [-0.3, -0.25) is 9.59 Å². The quantitative estimate of drug-likeness (QED) is 0.513. The zero-order chi connectivity index (χ0) is 15.9. The number of allylic oxidation sites excluding steroid dienone is 2. The highest BCUT2D eigenvalue weighted by Gasteiger charge is 2.15. The second-order valence-corrected chi connectivity index (χ2v) is 4.40. The maximum absolute atomic E-state index is 10.9. The van der Waals surface area contributed by atoms with Crippen LogP contribution in [-0.2, 0) is 19.1 Å². The van der Waals surface area contributed by atoms with Crippen molar-refractivity contribution in [1.82, 2.24) is 5.32 Å². The number of hydrogen-bond acceptors (Lipinski definition) is 6. The van der Waals surface area contributed by atoms with Gasteiger partial charge < -0.3 is 19.9 Å². The van der Waals surface area contributed by atoms with Gasteiger partial charge in [0.15, 0.2) is 0 Å². The zero-order valence-electron chi connectivity index (χ0n) is 12.7. The summed E-state index contributed by atoms with van der Waals surface area (Å²) in [4.78, 5) is 20.7. The Balaban J connectivity index is 0.000000382. The molecule has 0 fully saturated rings. The lowest BCUT2D eigenvalue weighted by molar-refractivity contribution is -0.143. The van der Waals surface area contributed by atoms with E-state index < -0.39 is 0 Å². The lowest BCUT2D eigenvalue weighted by atomic mass is 10.1. The Morgan fingerprint density at radius 2 is 2.29 bits per heavy atom. The van der Waals surface area contributed by atoms with Crippen LogP contribution in [0.15, 0.2) is 23.8 Å². The molecule has 0 aliphatic heterocycles. The number of aliphatic hydroxyl groups is 1. The van der Waals surface area contributed by atoms with Crippen molar-refractivity contribution in [2.75, 3.05) is 27.4 Å². The highest BCUT2D eigenvalue weighted by Crippen LogP contribution is 2.08. The number of methoxy groups -OCH3 is 1. The number of esters is 1. The van der Waals surface area contributed by atoms with E-state index in [1.54, 1.807) is 7.05 Å². The van der Waals surface area contributed by atoms with Gasteiger partial charge in [-0.15, -0.1) is 0 Å². The van der Waals surface area contributed by atoms with Crippen LogP contribution < -0.4 is 5.32 Å². The predicted molar refractivity (Wildman–Crippen MR) is 79.7 cm³/mol. The van der Waals surface area contributed by atoms with E-state index in [1.807, 2.05) is 6.08 Å². The van der Waals surface area contributed by atoms with E-state index in [9.17, 15) is 9.59 Å². The maximum atomic E-state index is 10.9. The van der Waals surface area contributed by atoms with E-state index in [0.717, 1.165) is 18.4 Å². The first kappa shape index (κ1) is 19.3. The van der Waals surface area contributed by atoms with Gasteiger partial charge in [-0.2, -0.15) is 0 Å². The first-order valence-electron chi connectivity index (χ1n) is 6.96. The third-order valence-electron chi connectivity index (χ3n) is 2.87. The summed E-state index contributed by atoms with van der Waals surface area (Å²) in [6.45, 7) is 0.998. The van der Waals surface area contributed by atoms with Gasteiger partial charge in [0.2, 0.25) is 0 Å². The summed E-state index contributed by atoms with van der Waals surface area (Å²) in [5.41, 5.74) is 1.10. The lowest BCUT2D eigenvalue weighted by Gasteiger charge is -2.11. The molecule has 2 N–H and O–H groups in total. The van der Waals surface area contributed by atoms with E-state index in [0.29, 0.717) is 25.9 Å². The SMILES string of the molecule is CNC(CCCO)C(=O)OC.O=COCC1=CCCC=C1. The monoisotopic (exact) mass is 299 g/mol. The topological polar surface area (TPSA) is 84.9 Å². The average molecular weight is 299 g/mol. The first-order valence-corrected chi connectivity index (χ1v) is 6.96. The van der Waals surface area contributed by atoms with E-state index in [2.05, 4.69) is 26.9 Å². The molecular formula is C15H25NO5. The second kappa shape index (κ2) is 13.3. The number of ether oxygens (including phenoxy) is 2. The minimum Gasteiger partial charge on any atom is -0.468 e. The predicted octanol–water partition coefficient (Wildman–Crippen LogP) is 0.956. The second-order valence-electron chi connectivity index (χ2n) is 4.40. The van der Waals surface area contributed by atoms with Crippen molar-refractivity contribution in [3.63, 3.8) is 0 Å². The van der Waals surface area contributed by atoms with Crippen molar-refractivity contribution >= 4 is 12.4 Å². The third-order valence-corrected chi connectivity index (χ3v) is 2.87. The number of carbonyl (C=O) groups excluding carboxylic acids is 2. The number of nitrogens with one attached hydrogen (secondary N) is 1. The average Bonchev–Trinajstić information content (AvgIpc) is 2.55. The van der Waals surface area contributed by atoms with Gasteiger partial charge in [0.1, 0.15) is 12.6 Å². The molecule has 0 saturated heterocycles. The van der Waals surface area contributed by atoms with E-state index >= 15 is 0 Å². The fourth-order valence-electron chi connectivity index (χ4n) is 1.72. The van der Waals surface area contributed by atoms with Crippen molar-refractivity contribution in [1.29, 1.82) is 0 Å². The van der Waals surface area contributed by atoms with Crippen molar-refractivity contribution in [2.24, 2.45) is 0 Å². The standard InChI is InChI=1S/C8H10O2.C7H15NO3/c9-7-10-6-8-4-2-1-3-5-8;1-8-6(4-3-5-9)7(10)11-2/h2,4-5,7H,1,3,6H2;6,8-9H,3-5H2,1-2H3. The summed E-state index contributed by atoms with van der Waals surface area (Å²) in [6.07, 6.45) is 9.55. The summed E-state index contributed by atoms with van der Waals surface area (Å²) in [6, 6.07) is -0.285. The fourth-order valence-corrected chi connectivity index (χ4v) is 1.72. The molecule has 0 radical (unpaired) electrons. The van der Waals surface area contributed by atoms with Crippen LogP contribution in [0, 0.1) is 0 Å². The van der Waals surface area contributed by atoms with Crippen molar-refractivity contribution in [3.05, 3.63) is 23.8 Å². The number of aliphatic hydroxyl groups excluding tert-OH is 1. The van der Waals surface area contributed by atoms with Gasteiger partial charge in [0.25, 0.3) is 6.47 Å². The number of hydrogen-bond donors (Lipinski definition) is 2. The Morgan fingerprint density at radius 3 is 2.76 bits per heavy atom. The van der Waals surface area contributed by atoms with Gasteiger partial charge in [-0.05, 0) is 38.3 Å². The van der Waals surface area contributed by atoms with Gasteiger partial charge >= 0.3 is 5.97 Å². The van der Waals surface area contributed by atoms with E-state index in [-0.39, 0.29) is 18.6 Å². The molecular weight excluding hydrogens is 274 g/mol. The molecule has 21 heavy (non-hydrogen) atoms. The Hall–Kier alpha value is -1.66. The first-order chi connectivity index (χ1) is 10.2. The molecule has 0 bridgehead atoms. The minimum atomic E-state index is -0.285. The van der Waals surface area contributed by atoms with Crippen LogP contribution in [-0.4, -0.2) is 51.0 Å². The van der Waals surface area contributed by atoms with Crippen LogP contribution in [0.4, 0.5) is 0 Å². The molecule has 1 rings (SSSR count). The minimum absolute atomic E-state index is 0.106. The lowest BCUT2D eigenvalue weighted by Crippen LogP contribution is -2.35. The summed E-state index contributed by atoms with van der Waals surface area (Å²) in [5.74, 6) is -0.277. The summed E-state index contributed by atoms with van der Waals surface area (Å²) in [5, 5.41) is 11.3. The molecule has 120 valence electrons. The van der Waals surface area contributed by atoms with E-state index in [1.165, 1.54) is 7.11 Å². The molecule has 0 aromatic carbocycles.